The van der Waals surface area contributed by atoms with E-state index in [0.717, 1.165) is 23.2 Å². The molecule has 0 atom stereocenters. The van der Waals surface area contributed by atoms with Gasteiger partial charge in [0.05, 0.1) is 6.20 Å². The third kappa shape index (κ3) is 1.59. The summed E-state index contributed by atoms with van der Waals surface area (Å²) in [4.78, 5) is 6.44. The highest BCUT2D eigenvalue weighted by atomic mass is 79.9. The number of hydrogen-bond acceptors (Lipinski definition) is 3. The fourth-order valence-electron chi connectivity index (χ4n) is 1.37. The first kappa shape index (κ1) is 9.45. The number of rotatable bonds is 3. The molecule has 2 aromatic rings. The van der Waals surface area contributed by atoms with Crippen molar-refractivity contribution in [3.05, 3.63) is 24.7 Å². The first-order valence-corrected chi connectivity index (χ1v) is 5.50. The van der Waals surface area contributed by atoms with Gasteiger partial charge in [0, 0.05) is 31.3 Å². The smallest absolute Gasteiger partial charge is 0.154 e. The Balaban J connectivity index is 2.45. The van der Waals surface area contributed by atoms with Crippen LogP contribution in [-0.2, 0) is 0 Å². The molecule has 2 aromatic heterocycles. The van der Waals surface area contributed by atoms with Crippen LogP contribution in [0, 0.1) is 0 Å². The monoisotopic (exact) mass is 254 g/mol. The molecule has 0 aliphatic carbocycles. The van der Waals surface area contributed by atoms with E-state index in [-0.39, 0.29) is 0 Å². The lowest BCUT2D eigenvalue weighted by Gasteiger charge is -2.16. The Kier molecular flexibility index (Phi) is 2.67. The van der Waals surface area contributed by atoms with Crippen LogP contribution in [0.2, 0.25) is 0 Å². The average Bonchev–Trinajstić information content (AvgIpc) is 2.65. The van der Waals surface area contributed by atoms with Crippen molar-refractivity contribution in [2.24, 2.45) is 0 Å². The third-order valence-corrected chi connectivity index (χ3v) is 2.44. The van der Waals surface area contributed by atoms with Crippen molar-refractivity contribution in [1.82, 2.24) is 14.6 Å². The molecule has 0 saturated carbocycles. The molecule has 0 saturated heterocycles. The zero-order chi connectivity index (χ0) is 9.97. The molecule has 14 heavy (non-hydrogen) atoms. The molecular formula is C9H11BrN4. The zero-order valence-corrected chi connectivity index (χ0v) is 9.48. The van der Waals surface area contributed by atoms with E-state index in [2.05, 4.69) is 30.9 Å². The van der Waals surface area contributed by atoms with E-state index in [9.17, 15) is 0 Å². The summed E-state index contributed by atoms with van der Waals surface area (Å²) in [5, 5.41) is 5.09. The predicted octanol–water partition coefficient (Wildman–Crippen LogP) is 1.56. The lowest BCUT2D eigenvalue weighted by molar-refractivity contribution is 0.906. The molecule has 0 aliphatic heterocycles. The minimum Gasteiger partial charge on any atom is -0.357 e. The molecule has 74 valence electrons. The lowest BCUT2D eigenvalue weighted by atomic mass is 10.4. The van der Waals surface area contributed by atoms with Gasteiger partial charge < -0.3 is 4.90 Å². The Morgan fingerprint density at radius 2 is 2.36 bits per heavy atom. The van der Waals surface area contributed by atoms with E-state index >= 15 is 0 Å². The number of aromatic nitrogens is 3. The molecule has 5 heteroatoms. The first-order chi connectivity index (χ1) is 6.83. The minimum absolute atomic E-state index is 0.928. The van der Waals surface area contributed by atoms with Gasteiger partial charge in [-0.3, -0.25) is 0 Å². The van der Waals surface area contributed by atoms with Crippen LogP contribution in [0.4, 0.5) is 5.82 Å². The molecule has 0 radical (unpaired) electrons. The summed E-state index contributed by atoms with van der Waals surface area (Å²) < 4.78 is 1.83. The molecule has 0 aromatic carbocycles. The molecule has 0 aliphatic rings. The molecular weight excluding hydrogens is 244 g/mol. The van der Waals surface area contributed by atoms with E-state index < -0.39 is 0 Å². The number of anilines is 1. The Bertz CT molecular complexity index is 425. The molecule has 0 N–H and O–H groups in total. The highest BCUT2D eigenvalue weighted by Crippen LogP contribution is 2.16. The van der Waals surface area contributed by atoms with E-state index in [1.807, 2.05) is 23.8 Å². The van der Waals surface area contributed by atoms with Gasteiger partial charge in [0.25, 0.3) is 0 Å². The van der Waals surface area contributed by atoms with Gasteiger partial charge >= 0.3 is 0 Å². The molecule has 0 bridgehead atoms. The fourth-order valence-corrected chi connectivity index (χ4v) is 1.90. The summed E-state index contributed by atoms with van der Waals surface area (Å²) in [6.45, 7) is 0.928. The zero-order valence-electron chi connectivity index (χ0n) is 7.89. The van der Waals surface area contributed by atoms with Crippen molar-refractivity contribution in [2.45, 2.75) is 0 Å². The van der Waals surface area contributed by atoms with Crippen LogP contribution in [0.25, 0.3) is 5.52 Å². The topological polar surface area (TPSA) is 33.4 Å². The molecule has 0 amide bonds. The van der Waals surface area contributed by atoms with Crippen LogP contribution in [0.1, 0.15) is 0 Å². The van der Waals surface area contributed by atoms with Crippen LogP contribution in [-0.4, -0.2) is 33.5 Å². The molecule has 0 unspecified atom stereocenters. The number of halogens is 1. The predicted molar refractivity (Wildman–Crippen MR) is 60.1 cm³/mol. The maximum Gasteiger partial charge on any atom is 0.154 e. The maximum absolute atomic E-state index is 4.34. The second-order valence-electron chi connectivity index (χ2n) is 3.02. The normalized spacial score (nSPS) is 10.7. The van der Waals surface area contributed by atoms with Crippen molar-refractivity contribution < 1.29 is 0 Å². The lowest BCUT2D eigenvalue weighted by Crippen LogP contribution is -2.21. The van der Waals surface area contributed by atoms with Crippen LogP contribution in [0.5, 0.6) is 0 Å². The molecule has 0 fully saturated rings. The Hall–Kier alpha value is -1.10. The second-order valence-corrected chi connectivity index (χ2v) is 3.82. The van der Waals surface area contributed by atoms with Crippen molar-refractivity contribution in [2.75, 3.05) is 23.8 Å². The van der Waals surface area contributed by atoms with Gasteiger partial charge in [-0.2, -0.15) is 5.10 Å². The number of fused-ring (bicyclic) bond motifs is 1. The van der Waals surface area contributed by atoms with Gasteiger partial charge in [-0.25, -0.2) is 9.50 Å². The van der Waals surface area contributed by atoms with Crippen LogP contribution < -0.4 is 4.90 Å². The summed E-state index contributed by atoms with van der Waals surface area (Å²) >= 11 is 3.41. The van der Waals surface area contributed by atoms with Gasteiger partial charge in [0.2, 0.25) is 0 Å². The van der Waals surface area contributed by atoms with E-state index in [4.69, 9.17) is 0 Å². The second kappa shape index (κ2) is 3.96. The summed E-state index contributed by atoms with van der Waals surface area (Å²) in [6.07, 6.45) is 5.39. The van der Waals surface area contributed by atoms with Crippen LogP contribution in [0.3, 0.4) is 0 Å². The van der Waals surface area contributed by atoms with Crippen LogP contribution >= 0.6 is 15.9 Å². The quantitative estimate of drug-likeness (QED) is 0.780. The number of alkyl halides is 1. The maximum atomic E-state index is 4.34. The van der Waals surface area contributed by atoms with Crippen LogP contribution in [0.15, 0.2) is 24.7 Å². The van der Waals surface area contributed by atoms with Gasteiger partial charge in [-0.05, 0) is 6.07 Å². The minimum atomic E-state index is 0.928. The molecule has 0 spiro atoms. The Labute approximate surface area is 90.7 Å². The third-order valence-electron chi connectivity index (χ3n) is 2.09. The number of nitrogens with zero attached hydrogens (tertiary/aromatic N) is 4. The van der Waals surface area contributed by atoms with Gasteiger partial charge in [-0.15, -0.1) is 0 Å². The van der Waals surface area contributed by atoms with Crippen molar-refractivity contribution in [3.63, 3.8) is 0 Å². The summed E-state index contributed by atoms with van der Waals surface area (Å²) in [6, 6.07) is 1.97. The van der Waals surface area contributed by atoms with E-state index in [0.29, 0.717) is 0 Å². The Morgan fingerprint density at radius 1 is 1.50 bits per heavy atom. The standard InChI is InChI=1S/C9H11BrN4/c1-13(6-3-10)9-8-2-4-12-14(8)7-5-11-9/h2,4-5,7H,3,6H2,1H3. The Morgan fingerprint density at radius 3 is 3.14 bits per heavy atom. The average molecular weight is 255 g/mol. The molecule has 2 heterocycles. The van der Waals surface area contributed by atoms with Gasteiger partial charge in [-0.1, -0.05) is 15.9 Å². The summed E-state index contributed by atoms with van der Waals surface area (Å²) in [5.74, 6) is 0.962. The van der Waals surface area contributed by atoms with Gasteiger partial charge in [0.15, 0.2) is 5.82 Å². The fraction of sp³-hybridized carbons (Fsp3) is 0.333. The largest absolute Gasteiger partial charge is 0.357 e. The summed E-state index contributed by atoms with van der Waals surface area (Å²) in [7, 11) is 2.02. The molecule has 2 rings (SSSR count). The van der Waals surface area contributed by atoms with Crippen molar-refractivity contribution >= 4 is 27.3 Å². The SMILES string of the molecule is CN(CCBr)c1nccn2nccc12. The summed E-state index contributed by atoms with van der Waals surface area (Å²) in [5.41, 5.74) is 1.04. The van der Waals surface area contributed by atoms with Crippen molar-refractivity contribution in [1.29, 1.82) is 0 Å². The van der Waals surface area contributed by atoms with Crippen molar-refractivity contribution in [3.8, 4) is 0 Å². The highest BCUT2D eigenvalue weighted by molar-refractivity contribution is 9.09. The van der Waals surface area contributed by atoms with E-state index in [1.165, 1.54) is 0 Å². The van der Waals surface area contributed by atoms with Gasteiger partial charge in [0.1, 0.15) is 5.52 Å². The van der Waals surface area contributed by atoms with E-state index in [1.54, 1.807) is 12.4 Å². The number of hydrogen-bond donors (Lipinski definition) is 0. The first-order valence-electron chi connectivity index (χ1n) is 4.38. The molecule has 4 nitrogen and oxygen atoms in total. The highest BCUT2D eigenvalue weighted by Gasteiger charge is 2.06.